The summed E-state index contributed by atoms with van der Waals surface area (Å²) in [6.45, 7) is 10.4. The number of carboxylic acids is 1. The highest BCUT2D eigenvalue weighted by Gasteiger charge is 2.27. The van der Waals surface area contributed by atoms with Crippen LogP contribution in [-0.2, 0) is 4.79 Å². The maximum Gasteiger partial charge on any atom is 0.310 e. The molecule has 0 radical (unpaired) electrons. The van der Waals surface area contributed by atoms with E-state index in [4.69, 9.17) is 5.11 Å². The van der Waals surface area contributed by atoms with Crippen molar-refractivity contribution in [2.24, 2.45) is 11.3 Å². The Labute approximate surface area is 86.9 Å². The van der Waals surface area contributed by atoms with Crippen molar-refractivity contribution >= 4 is 5.97 Å². The monoisotopic (exact) mass is 201 g/mol. The Hall–Kier alpha value is -0.570. The molecule has 1 unspecified atom stereocenters. The average Bonchev–Trinajstić information content (AvgIpc) is 1.99. The summed E-state index contributed by atoms with van der Waals surface area (Å²) in [6.07, 6.45) is 1.08. The lowest BCUT2D eigenvalue weighted by Gasteiger charge is -2.23. The summed E-state index contributed by atoms with van der Waals surface area (Å²) >= 11 is 0. The van der Waals surface area contributed by atoms with Gasteiger partial charge in [-0.05, 0) is 33.1 Å². The predicted octanol–water partition coefficient (Wildman–Crippen LogP) is 2.12. The number of hydrogen-bond donors (Lipinski definition) is 2. The second kappa shape index (κ2) is 5.35. The van der Waals surface area contributed by atoms with Crippen molar-refractivity contribution in [1.82, 2.24) is 5.32 Å². The Morgan fingerprint density at radius 1 is 1.36 bits per heavy atom. The van der Waals surface area contributed by atoms with Gasteiger partial charge in [-0.3, -0.25) is 4.79 Å². The molecule has 2 N–H and O–H groups in total. The SMILES string of the molecule is CC(C)CC(C)NCC(C)(C)C(=O)O. The van der Waals surface area contributed by atoms with E-state index in [1.807, 2.05) is 0 Å². The molecule has 0 spiro atoms. The summed E-state index contributed by atoms with van der Waals surface area (Å²) in [5, 5.41) is 12.2. The molecule has 14 heavy (non-hydrogen) atoms. The Kier molecular flexibility index (Phi) is 5.13. The van der Waals surface area contributed by atoms with E-state index in [1.165, 1.54) is 0 Å². The minimum Gasteiger partial charge on any atom is -0.481 e. The molecular weight excluding hydrogens is 178 g/mol. The van der Waals surface area contributed by atoms with E-state index in [1.54, 1.807) is 13.8 Å². The van der Waals surface area contributed by atoms with Gasteiger partial charge >= 0.3 is 5.97 Å². The molecule has 0 rings (SSSR count). The van der Waals surface area contributed by atoms with E-state index in [9.17, 15) is 4.79 Å². The van der Waals surface area contributed by atoms with Crippen molar-refractivity contribution in [2.45, 2.75) is 47.1 Å². The maximum atomic E-state index is 10.8. The highest BCUT2D eigenvalue weighted by molar-refractivity contribution is 5.73. The van der Waals surface area contributed by atoms with Gasteiger partial charge < -0.3 is 10.4 Å². The summed E-state index contributed by atoms with van der Waals surface area (Å²) in [7, 11) is 0. The molecule has 0 heterocycles. The predicted molar refractivity (Wildman–Crippen MR) is 58.3 cm³/mol. The molecule has 3 heteroatoms. The van der Waals surface area contributed by atoms with Gasteiger partial charge in [0.25, 0.3) is 0 Å². The van der Waals surface area contributed by atoms with E-state index < -0.39 is 11.4 Å². The standard InChI is InChI=1S/C11H23NO2/c1-8(2)6-9(3)12-7-11(4,5)10(13)14/h8-9,12H,6-7H2,1-5H3,(H,13,14). The molecule has 0 aliphatic rings. The third-order valence-corrected chi connectivity index (χ3v) is 2.30. The minimum absolute atomic E-state index is 0.383. The highest BCUT2D eigenvalue weighted by Crippen LogP contribution is 2.14. The van der Waals surface area contributed by atoms with Crippen molar-refractivity contribution in [2.75, 3.05) is 6.54 Å². The van der Waals surface area contributed by atoms with Gasteiger partial charge in [-0.15, -0.1) is 0 Å². The Morgan fingerprint density at radius 2 is 1.86 bits per heavy atom. The Morgan fingerprint density at radius 3 is 2.21 bits per heavy atom. The van der Waals surface area contributed by atoms with Crippen LogP contribution >= 0.6 is 0 Å². The van der Waals surface area contributed by atoms with Crippen LogP contribution in [0.15, 0.2) is 0 Å². The maximum absolute atomic E-state index is 10.8. The van der Waals surface area contributed by atoms with E-state index >= 15 is 0 Å². The molecule has 84 valence electrons. The van der Waals surface area contributed by atoms with Crippen molar-refractivity contribution < 1.29 is 9.90 Å². The van der Waals surface area contributed by atoms with Crippen LogP contribution in [-0.4, -0.2) is 23.7 Å². The van der Waals surface area contributed by atoms with Gasteiger partial charge in [-0.2, -0.15) is 0 Å². The van der Waals surface area contributed by atoms with Crippen LogP contribution in [0.25, 0.3) is 0 Å². The van der Waals surface area contributed by atoms with Crippen LogP contribution in [0.5, 0.6) is 0 Å². The topological polar surface area (TPSA) is 49.3 Å². The first-order chi connectivity index (χ1) is 6.25. The van der Waals surface area contributed by atoms with E-state index in [0.717, 1.165) is 6.42 Å². The lowest BCUT2D eigenvalue weighted by molar-refractivity contribution is -0.146. The van der Waals surface area contributed by atoms with Crippen LogP contribution in [0.4, 0.5) is 0 Å². The number of aliphatic carboxylic acids is 1. The average molecular weight is 201 g/mol. The van der Waals surface area contributed by atoms with E-state index in [2.05, 4.69) is 26.1 Å². The first-order valence-corrected chi connectivity index (χ1v) is 5.22. The van der Waals surface area contributed by atoms with Gasteiger partial charge in [0.1, 0.15) is 0 Å². The summed E-state index contributed by atoms with van der Waals surface area (Å²) in [5.41, 5.74) is -0.675. The van der Waals surface area contributed by atoms with Gasteiger partial charge in [0, 0.05) is 12.6 Å². The molecule has 1 atom stereocenters. The van der Waals surface area contributed by atoms with Crippen LogP contribution in [0, 0.1) is 11.3 Å². The third-order valence-electron chi connectivity index (χ3n) is 2.30. The van der Waals surface area contributed by atoms with Crippen molar-refractivity contribution in [3.8, 4) is 0 Å². The molecule has 0 aliphatic heterocycles. The van der Waals surface area contributed by atoms with Gasteiger partial charge in [0.05, 0.1) is 5.41 Å². The fourth-order valence-corrected chi connectivity index (χ4v) is 1.30. The van der Waals surface area contributed by atoms with Gasteiger partial charge in [0.15, 0.2) is 0 Å². The van der Waals surface area contributed by atoms with E-state index in [-0.39, 0.29) is 0 Å². The summed E-state index contributed by atoms with van der Waals surface area (Å²) in [6, 6.07) is 0.383. The smallest absolute Gasteiger partial charge is 0.310 e. The summed E-state index contributed by atoms with van der Waals surface area (Å²) in [5.74, 6) is -0.104. The second-order valence-electron chi connectivity index (χ2n) is 5.10. The second-order valence-corrected chi connectivity index (χ2v) is 5.10. The molecule has 0 aliphatic carbocycles. The van der Waals surface area contributed by atoms with Gasteiger partial charge in [-0.25, -0.2) is 0 Å². The van der Waals surface area contributed by atoms with Gasteiger partial charge in [0.2, 0.25) is 0 Å². The Balaban J connectivity index is 3.87. The molecule has 0 saturated carbocycles. The van der Waals surface area contributed by atoms with Crippen LogP contribution in [0.3, 0.4) is 0 Å². The first-order valence-electron chi connectivity index (χ1n) is 5.22. The number of rotatable bonds is 6. The molecule has 0 aromatic heterocycles. The molecule has 0 fully saturated rings. The minimum atomic E-state index is -0.748. The normalized spacial score (nSPS) is 14.4. The Bertz CT molecular complexity index is 188. The first kappa shape index (κ1) is 13.4. The highest BCUT2D eigenvalue weighted by atomic mass is 16.4. The van der Waals surface area contributed by atoms with Crippen molar-refractivity contribution in [3.63, 3.8) is 0 Å². The van der Waals surface area contributed by atoms with Crippen molar-refractivity contribution in [3.05, 3.63) is 0 Å². The summed E-state index contributed by atoms with van der Waals surface area (Å²) in [4.78, 5) is 10.8. The number of nitrogens with one attached hydrogen (secondary N) is 1. The lowest BCUT2D eigenvalue weighted by Crippen LogP contribution is -2.40. The number of hydrogen-bond acceptors (Lipinski definition) is 2. The van der Waals surface area contributed by atoms with Crippen LogP contribution in [0.2, 0.25) is 0 Å². The fourth-order valence-electron chi connectivity index (χ4n) is 1.30. The molecule has 0 saturated heterocycles. The molecular formula is C11H23NO2. The zero-order chi connectivity index (χ0) is 11.4. The summed E-state index contributed by atoms with van der Waals surface area (Å²) < 4.78 is 0. The molecule has 0 bridgehead atoms. The van der Waals surface area contributed by atoms with Crippen LogP contribution in [0.1, 0.15) is 41.0 Å². The van der Waals surface area contributed by atoms with Crippen LogP contribution < -0.4 is 5.32 Å². The zero-order valence-corrected chi connectivity index (χ0v) is 9.92. The molecule has 0 aromatic rings. The third kappa shape index (κ3) is 5.22. The molecule has 3 nitrogen and oxygen atoms in total. The van der Waals surface area contributed by atoms with Crippen molar-refractivity contribution in [1.29, 1.82) is 0 Å². The number of carboxylic acid groups (broad SMARTS) is 1. The molecule has 0 amide bonds. The zero-order valence-electron chi connectivity index (χ0n) is 9.92. The molecule has 0 aromatic carbocycles. The number of carbonyl (C=O) groups is 1. The fraction of sp³-hybridized carbons (Fsp3) is 0.909. The quantitative estimate of drug-likeness (QED) is 0.692. The van der Waals surface area contributed by atoms with Gasteiger partial charge in [-0.1, -0.05) is 13.8 Å². The van der Waals surface area contributed by atoms with E-state index in [0.29, 0.717) is 18.5 Å². The largest absolute Gasteiger partial charge is 0.481 e. The lowest BCUT2D eigenvalue weighted by atomic mass is 9.93.